The molecule has 1 unspecified atom stereocenters. The van der Waals surface area contributed by atoms with Gasteiger partial charge < -0.3 is 14.4 Å². The van der Waals surface area contributed by atoms with Gasteiger partial charge in [-0.05, 0) is 12.8 Å². The van der Waals surface area contributed by atoms with E-state index in [2.05, 4.69) is 0 Å². The number of hydrogen-bond donors (Lipinski definition) is 0. The zero-order valence-corrected chi connectivity index (χ0v) is 11.1. The van der Waals surface area contributed by atoms with Gasteiger partial charge in [0.2, 0.25) is 0 Å². The lowest BCUT2D eigenvalue weighted by Gasteiger charge is -2.28. The summed E-state index contributed by atoms with van der Waals surface area (Å²) < 4.78 is 0. The van der Waals surface area contributed by atoms with Crippen molar-refractivity contribution < 1.29 is 14.4 Å². The van der Waals surface area contributed by atoms with Gasteiger partial charge in [0.05, 0.1) is 5.41 Å². The van der Waals surface area contributed by atoms with E-state index in [1.807, 2.05) is 0 Å². The van der Waals surface area contributed by atoms with Crippen LogP contribution in [-0.4, -0.2) is 18.9 Å². The lowest BCUT2D eigenvalue weighted by molar-refractivity contribution is -0.135. The van der Waals surface area contributed by atoms with Crippen LogP contribution in [-0.2, 0) is 14.4 Å². The third-order valence-corrected chi connectivity index (χ3v) is 4.17. The van der Waals surface area contributed by atoms with Gasteiger partial charge in [-0.15, -0.1) is 0 Å². The van der Waals surface area contributed by atoms with Gasteiger partial charge in [0, 0.05) is 5.92 Å². The normalized spacial score (nSPS) is 26.3. The Bertz CT molecular complexity index is 265. The van der Waals surface area contributed by atoms with Gasteiger partial charge in [-0.1, -0.05) is 51.4 Å². The van der Waals surface area contributed by atoms with Crippen LogP contribution in [0.5, 0.6) is 0 Å². The summed E-state index contributed by atoms with van der Waals surface area (Å²) in [7, 11) is 0. The summed E-state index contributed by atoms with van der Waals surface area (Å²) in [5.74, 6) is -0.424. The molecule has 1 aliphatic carbocycles. The molecule has 3 nitrogen and oxygen atoms in total. The molecule has 3 heteroatoms. The van der Waals surface area contributed by atoms with Gasteiger partial charge in [-0.25, -0.2) is 0 Å². The fourth-order valence-electron chi connectivity index (χ4n) is 2.83. The van der Waals surface area contributed by atoms with E-state index in [-0.39, 0.29) is 0 Å². The highest BCUT2D eigenvalue weighted by Gasteiger charge is 2.37. The molecule has 1 atom stereocenters. The predicted octanol–water partition coefficient (Wildman–Crippen LogP) is 3.10. The Labute approximate surface area is 109 Å². The van der Waals surface area contributed by atoms with Crippen LogP contribution in [0.4, 0.5) is 0 Å². The summed E-state index contributed by atoms with van der Waals surface area (Å²) in [5.41, 5.74) is -1.05. The molecule has 0 heterocycles. The molecular formula is C15H24O3. The minimum Gasteiger partial charge on any atom is -0.303 e. The molecule has 1 fully saturated rings. The van der Waals surface area contributed by atoms with Crippen LogP contribution in [0.1, 0.15) is 64.2 Å². The molecule has 0 saturated heterocycles. The van der Waals surface area contributed by atoms with Gasteiger partial charge in [-0.3, -0.25) is 0 Å². The highest BCUT2D eigenvalue weighted by Crippen LogP contribution is 2.33. The average molecular weight is 252 g/mol. The van der Waals surface area contributed by atoms with Gasteiger partial charge in [0.15, 0.2) is 0 Å². The molecule has 0 N–H and O–H groups in total. The fourth-order valence-corrected chi connectivity index (χ4v) is 2.83. The van der Waals surface area contributed by atoms with Crippen LogP contribution >= 0.6 is 0 Å². The molecule has 0 aromatic rings. The topological polar surface area (TPSA) is 51.2 Å². The average Bonchev–Trinajstić information content (AvgIpc) is 2.40. The second kappa shape index (κ2) is 8.17. The number of carbonyl (C=O) groups is 3. The van der Waals surface area contributed by atoms with Crippen molar-refractivity contribution in [3.8, 4) is 0 Å². The first kappa shape index (κ1) is 15.1. The summed E-state index contributed by atoms with van der Waals surface area (Å²) in [5, 5.41) is 0. The third kappa shape index (κ3) is 4.04. The lowest BCUT2D eigenvalue weighted by atomic mass is 9.72. The molecule has 0 amide bonds. The second-order valence-electron chi connectivity index (χ2n) is 5.46. The highest BCUT2D eigenvalue weighted by molar-refractivity contribution is 5.88. The predicted molar refractivity (Wildman–Crippen MR) is 70.3 cm³/mol. The maximum absolute atomic E-state index is 11.3. The quantitative estimate of drug-likeness (QED) is 0.573. The van der Waals surface area contributed by atoms with Crippen molar-refractivity contribution >= 4 is 18.9 Å². The van der Waals surface area contributed by atoms with E-state index < -0.39 is 11.3 Å². The molecule has 18 heavy (non-hydrogen) atoms. The third-order valence-electron chi connectivity index (χ3n) is 4.17. The highest BCUT2D eigenvalue weighted by atomic mass is 16.1. The van der Waals surface area contributed by atoms with E-state index in [4.69, 9.17) is 0 Å². The largest absolute Gasteiger partial charge is 0.303 e. The van der Waals surface area contributed by atoms with Crippen LogP contribution in [0.2, 0.25) is 0 Å². The zero-order chi connectivity index (χ0) is 13.3. The number of hydrogen-bond acceptors (Lipinski definition) is 3. The van der Waals surface area contributed by atoms with Crippen molar-refractivity contribution in [2.45, 2.75) is 64.2 Å². The monoisotopic (exact) mass is 252 g/mol. The summed E-state index contributed by atoms with van der Waals surface area (Å²) >= 11 is 0. The minimum atomic E-state index is -1.05. The summed E-state index contributed by atoms with van der Waals surface area (Å²) in [6.45, 7) is 0. The van der Waals surface area contributed by atoms with Crippen LogP contribution in [0.3, 0.4) is 0 Å². The maximum Gasteiger partial charge on any atom is 0.133 e. The van der Waals surface area contributed by atoms with Crippen molar-refractivity contribution in [2.24, 2.45) is 11.3 Å². The first-order valence-electron chi connectivity index (χ1n) is 7.17. The SMILES string of the molecule is O=CC1CCCCCCCCCCC1(C=O)C=O. The first-order valence-corrected chi connectivity index (χ1v) is 7.17. The molecule has 0 spiro atoms. The molecule has 1 saturated carbocycles. The van der Waals surface area contributed by atoms with Crippen LogP contribution in [0.15, 0.2) is 0 Å². The summed E-state index contributed by atoms with van der Waals surface area (Å²) in [6, 6.07) is 0. The van der Waals surface area contributed by atoms with E-state index in [1.165, 1.54) is 25.7 Å². The van der Waals surface area contributed by atoms with E-state index in [0.29, 0.717) is 25.4 Å². The van der Waals surface area contributed by atoms with Gasteiger partial charge in [0.25, 0.3) is 0 Å². The number of carbonyl (C=O) groups excluding carboxylic acids is 3. The van der Waals surface area contributed by atoms with Crippen molar-refractivity contribution in [1.29, 1.82) is 0 Å². The Morgan fingerprint density at radius 2 is 1.22 bits per heavy atom. The van der Waals surface area contributed by atoms with Crippen molar-refractivity contribution in [3.63, 3.8) is 0 Å². The standard InChI is InChI=1S/C15H24O3/c16-11-14-9-7-5-3-1-2-4-6-8-10-15(14,12-17)13-18/h11-14H,1-10H2. The zero-order valence-electron chi connectivity index (χ0n) is 11.1. The second-order valence-corrected chi connectivity index (χ2v) is 5.46. The minimum absolute atomic E-state index is 0.424. The Hall–Kier alpha value is -0.990. The molecule has 0 aliphatic heterocycles. The van der Waals surface area contributed by atoms with Crippen molar-refractivity contribution in [1.82, 2.24) is 0 Å². The molecule has 1 aliphatic rings. The van der Waals surface area contributed by atoms with Crippen LogP contribution in [0, 0.1) is 11.3 Å². The van der Waals surface area contributed by atoms with Crippen molar-refractivity contribution in [3.05, 3.63) is 0 Å². The molecule has 0 aromatic heterocycles. The Morgan fingerprint density at radius 1 is 0.722 bits per heavy atom. The Balaban J connectivity index is 2.74. The fraction of sp³-hybridized carbons (Fsp3) is 0.800. The summed E-state index contributed by atoms with van der Waals surface area (Å²) in [4.78, 5) is 33.8. The molecule has 0 bridgehead atoms. The Kier molecular flexibility index (Phi) is 6.84. The van der Waals surface area contributed by atoms with Gasteiger partial charge in [0.1, 0.15) is 18.9 Å². The van der Waals surface area contributed by atoms with E-state index in [9.17, 15) is 14.4 Å². The van der Waals surface area contributed by atoms with E-state index in [0.717, 1.165) is 32.0 Å². The Morgan fingerprint density at radius 3 is 1.72 bits per heavy atom. The van der Waals surface area contributed by atoms with Gasteiger partial charge >= 0.3 is 0 Å². The lowest BCUT2D eigenvalue weighted by Crippen LogP contribution is -2.35. The number of rotatable bonds is 3. The van der Waals surface area contributed by atoms with Gasteiger partial charge in [-0.2, -0.15) is 0 Å². The summed E-state index contributed by atoms with van der Waals surface area (Å²) in [6.07, 6.45) is 12.3. The molecule has 1 rings (SSSR count). The molecule has 0 radical (unpaired) electrons. The first-order chi connectivity index (χ1) is 8.79. The molecule has 102 valence electrons. The molecule has 0 aromatic carbocycles. The van der Waals surface area contributed by atoms with E-state index >= 15 is 0 Å². The number of aldehydes is 3. The van der Waals surface area contributed by atoms with Crippen LogP contribution in [0.25, 0.3) is 0 Å². The molecular weight excluding hydrogens is 228 g/mol. The van der Waals surface area contributed by atoms with E-state index in [1.54, 1.807) is 0 Å². The smallest absolute Gasteiger partial charge is 0.133 e. The maximum atomic E-state index is 11.3. The van der Waals surface area contributed by atoms with Crippen molar-refractivity contribution in [2.75, 3.05) is 0 Å². The van der Waals surface area contributed by atoms with Crippen LogP contribution < -0.4 is 0 Å².